The van der Waals surface area contributed by atoms with Gasteiger partial charge in [0.1, 0.15) is 12.0 Å². The molecule has 1 aliphatic heterocycles. The zero-order valence-corrected chi connectivity index (χ0v) is 16.0. The lowest BCUT2D eigenvalue weighted by Crippen LogP contribution is -2.43. The molecule has 1 amide bonds. The first-order valence-corrected chi connectivity index (χ1v) is 9.02. The van der Waals surface area contributed by atoms with Crippen LogP contribution in [0.5, 0.6) is 0 Å². The minimum Gasteiger partial charge on any atom is -0.317 e. The molecular formula is C16H18BrFN6O3. The molecule has 0 unspecified atom stereocenters. The van der Waals surface area contributed by atoms with Crippen LogP contribution in [-0.4, -0.2) is 35.5 Å². The first kappa shape index (κ1) is 19.2. The summed E-state index contributed by atoms with van der Waals surface area (Å²) in [6.45, 7) is 3.49. The second kappa shape index (κ2) is 8.44. The summed E-state index contributed by atoms with van der Waals surface area (Å²) in [5.74, 6) is -0.373. The Hall–Kier alpha value is -2.53. The Kier molecular flexibility index (Phi) is 6.01. The summed E-state index contributed by atoms with van der Waals surface area (Å²) in [6.07, 6.45) is 2.70. The van der Waals surface area contributed by atoms with Crippen molar-refractivity contribution in [3.05, 3.63) is 34.2 Å². The lowest BCUT2D eigenvalue weighted by atomic mass is 9.80. The molecule has 27 heavy (non-hydrogen) atoms. The van der Waals surface area contributed by atoms with Crippen molar-refractivity contribution in [3.63, 3.8) is 0 Å². The van der Waals surface area contributed by atoms with Crippen LogP contribution in [0.4, 0.5) is 15.9 Å². The molecule has 11 heteroatoms. The van der Waals surface area contributed by atoms with Crippen molar-refractivity contribution in [1.82, 2.24) is 15.6 Å². The molecular weight excluding hydrogens is 423 g/mol. The number of carbonyl (C=O) groups is 1. The number of anilines is 2. The Bertz CT molecular complexity index is 837. The van der Waals surface area contributed by atoms with Gasteiger partial charge in [0.05, 0.1) is 10.2 Å². The zero-order valence-electron chi connectivity index (χ0n) is 14.5. The molecule has 9 nitrogen and oxygen atoms in total. The van der Waals surface area contributed by atoms with E-state index in [-0.39, 0.29) is 27.7 Å². The number of amides is 1. The number of oxime groups is 1. The Morgan fingerprint density at radius 1 is 1.44 bits per heavy atom. The van der Waals surface area contributed by atoms with Gasteiger partial charge in [-0.05, 0) is 70.4 Å². The van der Waals surface area contributed by atoms with E-state index in [0.29, 0.717) is 5.69 Å². The fourth-order valence-electron chi connectivity index (χ4n) is 2.55. The summed E-state index contributed by atoms with van der Waals surface area (Å²) >= 11 is 3.07. The molecule has 0 bridgehead atoms. The van der Waals surface area contributed by atoms with E-state index >= 15 is 0 Å². The van der Waals surface area contributed by atoms with E-state index < -0.39 is 5.41 Å². The van der Waals surface area contributed by atoms with Gasteiger partial charge in [0.25, 0.3) is 0 Å². The van der Waals surface area contributed by atoms with Gasteiger partial charge >= 0.3 is 0 Å². The van der Waals surface area contributed by atoms with Crippen molar-refractivity contribution in [2.45, 2.75) is 19.8 Å². The predicted octanol–water partition coefficient (Wildman–Crippen LogP) is 2.68. The molecule has 0 atom stereocenters. The van der Waals surface area contributed by atoms with Gasteiger partial charge < -0.3 is 10.6 Å². The molecule has 1 saturated heterocycles. The quantitative estimate of drug-likeness (QED) is 0.467. The first-order valence-electron chi connectivity index (χ1n) is 8.23. The van der Waals surface area contributed by atoms with Crippen LogP contribution in [0.25, 0.3) is 0 Å². The monoisotopic (exact) mass is 440 g/mol. The molecule has 0 saturated carbocycles. The number of piperidine rings is 1. The van der Waals surface area contributed by atoms with Crippen molar-refractivity contribution < 1.29 is 18.8 Å². The fraction of sp³-hybridized carbons (Fsp3) is 0.375. The second-order valence-corrected chi connectivity index (χ2v) is 7.17. The van der Waals surface area contributed by atoms with Crippen LogP contribution >= 0.6 is 15.9 Å². The lowest BCUT2D eigenvalue weighted by molar-refractivity contribution is -0.126. The van der Waals surface area contributed by atoms with Crippen LogP contribution in [0.15, 0.2) is 32.5 Å². The highest BCUT2D eigenvalue weighted by Gasteiger charge is 2.35. The number of carbonyl (C=O) groups excluding carboxylic acids is 1. The Balaban J connectivity index is 1.57. The van der Waals surface area contributed by atoms with Gasteiger partial charge in [-0.2, -0.15) is 5.48 Å². The molecule has 0 spiro atoms. The standard InChI is InChI=1S/C16H18BrFN6O3/c1-16(4-6-19-7-5-16)15(25)21-14-13(23-27-24-14)9-20-26-22-10-2-3-12(18)11(17)8-10/h2-3,8-9,19,22H,4-7H2,1H3,(H,21,24,25)/b20-9+. The van der Waals surface area contributed by atoms with Crippen molar-refractivity contribution in [3.8, 4) is 0 Å². The minimum atomic E-state index is -0.480. The third-order valence-corrected chi connectivity index (χ3v) is 4.92. The van der Waals surface area contributed by atoms with Gasteiger partial charge in [-0.1, -0.05) is 12.1 Å². The van der Waals surface area contributed by atoms with Crippen molar-refractivity contribution in [2.75, 3.05) is 23.9 Å². The third kappa shape index (κ3) is 4.80. The highest BCUT2D eigenvalue weighted by Crippen LogP contribution is 2.29. The van der Waals surface area contributed by atoms with E-state index in [1.165, 1.54) is 24.4 Å². The maximum absolute atomic E-state index is 13.2. The fourth-order valence-corrected chi connectivity index (χ4v) is 2.92. The van der Waals surface area contributed by atoms with Gasteiger partial charge in [-0.25, -0.2) is 9.02 Å². The topological polar surface area (TPSA) is 114 Å². The number of benzene rings is 1. The Morgan fingerprint density at radius 3 is 2.96 bits per heavy atom. The molecule has 0 radical (unpaired) electrons. The summed E-state index contributed by atoms with van der Waals surface area (Å²) < 4.78 is 18.1. The molecule has 3 N–H and O–H groups in total. The molecule has 1 aromatic heterocycles. The van der Waals surface area contributed by atoms with Crippen LogP contribution in [0.2, 0.25) is 0 Å². The van der Waals surface area contributed by atoms with Crippen LogP contribution in [0, 0.1) is 11.2 Å². The molecule has 0 aliphatic carbocycles. The molecule has 1 aliphatic rings. The van der Waals surface area contributed by atoms with Crippen LogP contribution in [-0.2, 0) is 9.73 Å². The summed E-state index contributed by atoms with van der Waals surface area (Å²) in [5, 5.41) is 17.0. The normalized spacial score (nSPS) is 16.3. The maximum Gasteiger partial charge on any atom is 0.231 e. The van der Waals surface area contributed by atoms with E-state index in [1.54, 1.807) is 0 Å². The number of hydrogen-bond donors (Lipinski definition) is 3. The van der Waals surface area contributed by atoms with Gasteiger partial charge in [0.2, 0.25) is 11.7 Å². The van der Waals surface area contributed by atoms with Crippen molar-refractivity contribution >= 4 is 39.6 Å². The smallest absolute Gasteiger partial charge is 0.231 e. The van der Waals surface area contributed by atoms with Gasteiger partial charge in [0, 0.05) is 5.41 Å². The lowest BCUT2D eigenvalue weighted by Gasteiger charge is -2.32. The number of nitrogens with one attached hydrogen (secondary N) is 3. The predicted molar refractivity (Wildman–Crippen MR) is 99.5 cm³/mol. The average molecular weight is 441 g/mol. The largest absolute Gasteiger partial charge is 0.317 e. The van der Waals surface area contributed by atoms with E-state index in [4.69, 9.17) is 4.94 Å². The van der Waals surface area contributed by atoms with Gasteiger partial charge in [-0.15, -0.1) is 0 Å². The van der Waals surface area contributed by atoms with Gasteiger partial charge in [0.15, 0.2) is 5.69 Å². The van der Waals surface area contributed by atoms with Crippen LogP contribution < -0.4 is 16.1 Å². The van der Waals surface area contributed by atoms with E-state index in [1.807, 2.05) is 6.92 Å². The van der Waals surface area contributed by atoms with E-state index in [2.05, 4.69) is 52.1 Å². The highest BCUT2D eigenvalue weighted by molar-refractivity contribution is 9.10. The highest BCUT2D eigenvalue weighted by atomic mass is 79.9. The number of rotatable bonds is 6. The maximum atomic E-state index is 13.2. The van der Waals surface area contributed by atoms with Crippen LogP contribution in [0.1, 0.15) is 25.5 Å². The van der Waals surface area contributed by atoms with Crippen molar-refractivity contribution in [2.24, 2.45) is 10.6 Å². The van der Waals surface area contributed by atoms with Crippen molar-refractivity contribution in [1.29, 1.82) is 0 Å². The van der Waals surface area contributed by atoms with Gasteiger partial charge in [-0.3, -0.25) is 9.73 Å². The SMILES string of the molecule is CC1(C(=O)Nc2nonc2/C=N/ONc2ccc(F)c(Br)c2)CCNCC1. The number of halogens is 2. The summed E-state index contributed by atoms with van der Waals surface area (Å²) in [5.41, 5.74) is 2.75. The molecule has 3 rings (SSSR count). The Labute approximate surface area is 162 Å². The molecule has 1 fully saturated rings. The molecule has 2 aromatic rings. The Morgan fingerprint density at radius 2 is 2.22 bits per heavy atom. The first-order chi connectivity index (χ1) is 13.0. The van der Waals surface area contributed by atoms with E-state index in [0.717, 1.165) is 25.9 Å². The molecule has 144 valence electrons. The summed E-state index contributed by atoms with van der Waals surface area (Å²) in [7, 11) is 0. The number of nitrogens with zero attached hydrogens (tertiary/aromatic N) is 3. The number of aromatic nitrogens is 2. The average Bonchev–Trinajstić information content (AvgIpc) is 3.09. The second-order valence-electron chi connectivity index (χ2n) is 6.32. The zero-order chi connectivity index (χ0) is 19.3. The van der Waals surface area contributed by atoms with E-state index in [9.17, 15) is 9.18 Å². The third-order valence-electron chi connectivity index (χ3n) is 4.31. The summed E-state index contributed by atoms with van der Waals surface area (Å²) in [6, 6.07) is 4.25. The number of hydrogen-bond acceptors (Lipinski definition) is 8. The molecule has 2 heterocycles. The molecule has 1 aromatic carbocycles. The van der Waals surface area contributed by atoms with Crippen LogP contribution in [0.3, 0.4) is 0 Å². The summed E-state index contributed by atoms with van der Waals surface area (Å²) in [4.78, 5) is 17.5. The minimum absolute atomic E-state index is 0.149.